The van der Waals surface area contributed by atoms with Crippen LogP contribution in [0.25, 0.3) is 0 Å². The number of fused-ring (bicyclic) bond motifs is 3. The molecule has 6 aliphatic heterocycles. The summed E-state index contributed by atoms with van der Waals surface area (Å²) in [4.78, 5) is 74.8. The first-order valence-corrected chi connectivity index (χ1v) is 21.2. The van der Waals surface area contributed by atoms with Crippen LogP contribution in [0.4, 0.5) is 11.4 Å². The van der Waals surface area contributed by atoms with Gasteiger partial charge in [-0.2, -0.15) is 5.26 Å². The van der Waals surface area contributed by atoms with Crippen molar-refractivity contribution in [2.45, 2.75) is 82.0 Å². The fraction of sp³-hybridized carbons (Fsp3) is 0.467. The highest BCUT2D eigenvalue weighted by molar-refractivity contribution is 6.31. The fourth-order valence-corrected chi connectivity index (χ4v) is 10.6. The molecule has 5 saturated heterocycles. The molecule has 6 aliphatic rings. The third-order valence-corrected chi connectivity index (χ3v) is 13.7. The molecule has 14 heteroatoms. The normalized spacial score (nSPS) is 26.2. The van der Waals surface area contributed by atoms with Crippen molar-refractivity contribution >= 4 is 52.5 Å². The van der Waals surface area contributed by atoms with E-state index in [0.717, 1.165) is 101 Å². The van der Waals surface area contributed by atoms with Crippen molar-refractivity contribution in [2.75, 3.05) is 55.6 Å². The second-order valence-corrected chi connectivity index (χ2v) is 17.7. The number of ether oxygens (including phenoxy) is 1. The number of nitrogens with zero attached hydrogens (tertiary/aromatic N) is 6. The number of piperazine rings is 1. The molecule has 9 rings (SSSR count). The van der Waals surface area contributed by atoms with Crippen LogP contribution >= 0.6 is 11.6 Å². The number of benzene rings is 3. The van der Waals surface area contributed by atoms with Gasteiger partial charge in [-0.1, -0.05) is 11.6 Å². The zero-order valence-electron chi connectivity index (χ0n) is 33.2. The van der Waals surface area contributed by atoms with E-state index in [1.54, 1.807) is 30.3 Å². The van der Waals surface area contributed by atoms with Crippen molar-refractivity contribution in [1.29, 1.82) is 5.26 Å². The van der Waals surface area contributed by atoms with Gasteiger partial charge in [0, 0.05) is 100 Å². The van der Waals surface area contributed by atoms with Gasteiger partial charge in [0.15, 0.2) is 0 Å². The van der Waals surface area contributed by atoms with Gasteiger partial charge < -0.3 is 19.4 Å². The highest BCUT2D eigenvalue weighted by Gasteiger charge is 2.50. The maximum atomic E-state index is 13.9. The van der Waals surface area contributed by atoms with E-state index in [1.165, 1.54) is 0 Å². The van der Waals surface area contributed by atoms with Gasteiger partial charge in [0.2, 0.25) is 11.8 Å². The van der Waals surface area contributed by atoms with Crippen LogP contribution < -0.4 is 19.9 Å². The highest BCUT2D eigenvalue weighted by atomic mass is 35.5. The van der Waals surface area contributed by atoms with Crippen LogP contribution in [0.3, 0.4) is 0 Å². The van der Waals surface area contributed by atoms with Gasteiger partial charge >= 0.3 is 0 Å². The largest absolute Gasteiger partial charge is 0.487 e. The SMILES string of the molecule is CC1(Oc2ccc(C#N)c(Cl)c2)C[C@H]2CC[C@@H](C1)N2C(=O)c1ccc(N2CCN(CC3CCN(c4ccc5c(c4)C(=O)N(C4CCC(=O)NC4=O)C5=O)CC3)CC2)cc1. The summed E-state index contributed by atoms with van der Waals surface area (Å²) in [6.45, 7) is 8.64. The summed E-state index contributed by atoms with van der Waals surface area (Å²) < 4.78 is 6.45. The average Bonchev–Trinajstić information content (AvgIpc) is 3.66. The molecule has 5 fully saturated rings. The van der Waals surface area contributed by atoms with Crippen LogP contribution in [0.1, 0.15) is 94.9 Å². The molecule has 1 N–H and O–H groups in total. The highest BCUT2D eigenvalue weighted by Crippen LogP contribution is 2.44. The lowest BCUT2D eigenvalue weighted by Gasteiger charge is -2.44. The Morgan fingerprint density at radius 2 is 1.47 bits per heavy atom. The number of hydrogen-bond donors (Lipinski definition) is 1. The lowest BCUT2D eigenvalue weighted by molar-refractivity contribution is -0.136. The zero-order valence-corrected chi connectivity index (χ0v) is 34.0. The third kappa shape index (κ3) is 7.53. The number of amides is 5. The second-order valence-electron chi connectivity index (χ2n) is 17.3. The van der Waals surface area contributed by atoms with E-state index in [4.69, 9.17) is 16.3 Å². The molecule has 3 aromatic rings. The van der Waals surface area contributed by atoms with Gasteiger partial charge in [-0.05, 0) is 99.5 Å². The van der Waals surface area contributed by atoms with Crippen LogP contribution in [0, 0.1) is 17.2 Å². The molecule has 0 aliphatic carbocycles. The summed E-state index contributed by atoms with van der Waals surface area (Å²) in [6, 6.07) is 20.0. The van der Waals surface area contributed by atoms with Crippen LogP contribution in [-0.4, -0.2) is 114 Å². The van der Waals surface area contributed by atoms with Crippen molar-refractivity contribution in [3.8, 4) is 11.8 Å². The molecule has 0 radical (unpaired) electrons. The smallest absolute Gasteiger partial charge is 0.262 e. The summed E-state index contributed by atoms with van der Waals surface area (Å²) in [5.74, 6) is -0.667. The molecule has 3 aromatic carbocycles. The van der Waals surface area contributed by atoms with Crippen molar-refractivity contribution in [1.82, 2.24) is 20.0 Å². The third-order valence-electron chi connectivity index (χ3n) is 13.4. The fourth-order valence-electron chi connectivity index (χ4n) is 10.3. The minimum atomic E-state index is -0.970. The summed E-state index contributed by atoms with van der Waals surface area (Å²) in [5.41, 5.74) is 3.36. The number of imide groups is 2. The predicted octanol–water partition coefficient (Wildman–Crippen LogP) is 5.26. The standard InChI is InChI=1S/C45H48ClN7O6/c1-45(59-35-10-4-30(26-47)38(46)23-35)24-33-7-8-34(25-45)52(33)42(56)29-2-5-31(6-3-29)51-20-18-49(19-21-51)27-28-14-16-50(17-15-28)32-9-11-36-37(22-32)44(58)53(43(36)57)39-12-13-40(54)48-41(39)55/h2-6,9-11,22-23,28,33-34,39H,7-8,12-21,24-25,27H2,1H3,(H,48,54,55)/t33-,34+,39?,45?. The Hall–Kier alpha value is -5.45. The van der Waals surface area contributed by atoms with E-state index in [9.17, 15) is 29.2 Å². The van der Waals surface area contributed by atoms with Gasteiger partial charge in [-0.15, -0.1) is 0 Å². The number of carbonyl (C=O) groups is 5. The lowest BCUT2D eigenvalue weighted by atomic mass is 9.87. The number of piperidine rings is 3. The summed E-state index contributed by atoms with van der Waals surface area (Å²) in [5, 5.41) is 11.9. The molecule has 4 atom stereocenters. The van der Waals surface area contributed by atoms with E-state index in [-0.39, 0.29) is 36.7 Å². The van der Waals surface area contributed by atoms with Gasteiger partial charge in [0.1, 0.15) is 23.5 Å². The van der Waals surface area contributed by atoms with Crippen molar-refractivity contribution in [3.05, 3.63) is 87.9 Å². The number of anilines is 2. The summed E-state index contributed by atoms with van der Waals surface area (Å²) >= 11 is 6.27. The van der Waals surface area contributed by atoms with E-state index in [0.29, 0.717) is 38.9 Å². The molecule has 0 spiro atoms. The van der Waals surface area contributed by atoms with Crippen LogP contribution in [-0.2, 0) is 9.59 Å². The molecular weight excluding hydrogens is 770 g/mol. The molecule has 2 unspecified atom stereocenters. The number of hydrogen-bond acceptors (Lipinski definition) is 10. The number of rotatable bonds is 8. The Balaban J connectivity index is 0.736. The molecule has 13 nitrogen and oxygen atoms in total. The van der Waals surface area contributed by atoms with Gasteiger partial charge in [-0.25, -0.2) is 0 Å². The van der Waals surface area contributed by atoms with E-state index >= 15 is 0 Å². The van der Waals surface area contributed by atoms with Gasteiger partial charge in [-0.3, -0.25) is 39.1 Å². The van der Waals surface area contributed by atoms with Crippen LogP contribution in [0.15, 0.2) is 60.7 Å². The predicted molar refractivity (Wildman–Crippen MR) is 221 cm³/mol. The molecule has 59 heavy (non-hydrogen) atoms. The maximum Gasteiger partial charge on any atom is 0.262 e. The Bertz CT molecular complexity index is 2230. The molecule has 6 heterocycles. The van der Waals surface area contributed by atoms with E-state index in [2.05, 4.69) is 50.0 Å². The quantitative estimate of drug-likeness (QED) is 0.299. The number of nitrogens with one attached hydrogen (secondary N) is 1. The first kappa shape index (κ1) is 39.0. The topological polar surface area (TPSA) is 147 Å². The Labute approximate surface area is 348 Å². The number of nitriles is 1. The molecule has 2 bridgehead atoms. The lowest BCUT2D eigenvalue weighted by Crippen LogP contribution is -2.54. The first-order valence-electron chi connectivity index (χ1n) is 20.9. The zero-order chi connectivity index (χ0) is 41.0. The Morgan fingerprint density at radius 3 is 2.14 bits per heavy atom. The molecule has 0 aromatic heterocycles. The molecule has 306 valence electrons. The average molecular weight is 818 g/mol. The monoisotopic (exact) mass is 817 g/mol. The van der Waals surface area contributed by atoms with Crippen LogP contribution in [0.5, 0.6) is 5.75 Å². The van der Waals surface area contributed by atoms with Crippen molar-refractivity contribution < 1.29 is 28.7 Å². The van der Waals surface area contributed by atoms with Gasteiger partial charge in [0.25, 0.3) is 17.7 Å². The first-order chi connectivity index (χ1) is 28.5. The Morgan fingerprint density at radius 1 is 0.814 bits per heavy atom. The van der Waals surface area contributed by atoms with Crippen molar-refractivity contribution in [2.24, 2.45) is 5.92 Å². The van der Waals surface area contributed by atoms with Gasteiger partial charge in [0.05, 0.1) is 21.7 Å². The summed E-state index contributed by atoms with van der Waals surface area (Å²) in [7, 11) is 0. The van der Waals surface area contributed by atoms with E-state index < -0.39 is 29.4 Å². The molecular formula is C45H48ClN7O6. The van der Waals surface area contributed by atoms with E-state index in [1.807, 2.05) is 18.2 Å². The maximum absolute atomic E-state index is 13.9. The second kappa shape index (κ2) is 15.6. The molecule has 5 amide bonds. The number of carbonyl (C=O) groups excluding carboxylic acids is 5. The van der Waals surface area contributed by atoms with Crippen LogP contribution in [0.2, 0.25) is 5.02 Å². The number of halogens is 1. The minimum Gasteiger partial charge on any atom is -0.487 e. The molecule has 0 saturated carbocycles. The van der Waals surface area contributed by atoms with Crippen molar-refractivity contribution in [3.63, 3.8) is 0 Å². The summed E-state index contributed by atoms with van der Waals surface area (Å²) in [6.07, 6.45) is 5.68. The Kier molecular flexibility index (Phi) is 10.3. The minimum absolute atomic E-state index is 0.0829.